The van der Waals surface area contributed by atoms with Gasteiger partial charge in [0, 0.05) is 18.5 Å². The summed E-state index contributed by atoms with van der Waals surface area (Å²) < 4.78 is 26.8. The Bertz CT molecular complexity index is 713. The maximum Gasteiger partial charge on any atom is 0.321 e. The summed E-state index contributed by atoms with van der Waals surface area (Å²) in [5.74, 6) is -1.82. The molecule has 4 amide bonds. The van der Waals surface area contributed by atoms with Gasteiger partial charge in [-0.15, -0.1) is 0 Å². The number of hydrogen-bond acceptors (Lipinski definition) is 3. The molecule has 1 saturated heterocycles. The first-order valence-corrected chi connectivity index (χ1v) is 10.0. The maximum absolute atomic E-state index is 13.5. The fourth-order valence-corrected chi connectivity index (χ4v) is 2.91. The van der Waals surface area contributed by atoms with Crippen molar-refractivity contribution in [1.82, 2.24) is 10.6 Å². The van der Waals surface area contributed by atoms with Gasteiger partial charge >= 0.3 is 6.03 Å². The number of rotatable bonds is 6. The van der Waals surface area contributed by atoms with E-state index in [0.29, 0.717) is 18.8 Å². The van der Waals surface area contributed by atoms with Crippen LogP contribution in [0.5, 0.6) is 0 Å². The molecule has 2 unspecified atom stereocenters. The largest absolute Gasteiger partial charge is 0.369 e. The highest BCUT2D eigenvalue weighted by atomic mass is 35.5. The third-order valence-electron chi connectivity index (χ3n) is 4.84. The monoisotopic (exact) mass is 431 g/mol. The normalized spacial score (nSPS) is 17.8. The van der Waals surface area contributed by atoms with Crippen LogP contribution in [-0.4, -0.2) is 24.4 Å². The zero-order valence-corrected chi connectivity index (χ0v) is 17.5. The quantitative estimate of drug-likeness (QED) is 0.598. The van der Waals surface area contributed by atoms with E-state index in [0.717, 1.165) is 19.3 Å². The molecule has 1 aliphatic rings. The van der Waals surface area contributed by atoms with Crippen molar-refractivity contribution in [3.05, 3.63) is 34.4 Å². The van der Waals surface area contributed by atoms with Crippen molar-refractivity contribution in [2.45, 2.75) is 52.4 Å². The summed E-state index contributed by atoms with van der Waals surface area (Å²) in [6.07, 6.45) is 3.83. The van der Waals surface area contributed by atoms with Crippen molar-refractivity contribution in [3.63, 3.8) is 0 Å². The van der Waals surface area contributed by atoms with Crippen LogP contribution in [0.25, 0.3) is 0 Å². The van der Waals surface area contributed by atoms with Crippen molar-refractivity contribution < 1.29 is 23.2 Å². The third kappa shape index (κ3) is 8.77. The fraction of sp³-hybridized carbons (Fsp3) is 0.550. The summed E-state index contributed by atoms with van der Waals surface area (Å²) in [4.78, 5) is 32.5. The number of carbonyl (C=O) groups excluding carboxylic acids is 3. The van der Waals surface area contributed by atoms with Crippen LogP contribution in [0.2, 0.25) is 5.02 Å². The molecule has 6 nitrogen and oxygen atoms in total. The Morgan fingerprint density at radius 1 is 1.34 bits per heavy atom. The molecule has 0 radical (unpaired) electrons. The van der Waals surface area contributed by atoms with E-state index in [1.54, 1.807) is 0 Å². The molecule has 1 aliphatic heterocycles. The fourth-order valence-electron chi connectivity index (χ4n) is 2.73. The number of benzene rings is 1. The van der Waals surface area contributed by atoms with Gasteiger partial charge < -0.3 is 11.1 Å². The third-order valence-corrected chi connectivity index (χ3v) is 5.14. The predicted octanol–water partition coefficient (Wildman–Crippen LogP) is 3.69. The van der Waals surface area contributed by atoms with Gasteiger partial charge in [-0.1, -0.05) is 38.3 Å². The molecule has 9 heteroatoms. The van der Waals surface area contributed by atoms with Gasteiger partial charge in [-0.05, 0) is 37.3 Å². The highest BCUT2D eigenvalue weighted by Crippen LogP contribution is 2.23. The second kappa shape index (κ2) is 12.4. The standard InChI is InChI=1S/C13H17ClF2.C7H11N3O3/c1-3-9(2)5-4-6-10-12(15)8-7-11(14)13(10)16;8-6(12)4-1-2-5(11)10-7(13)9-3-4/h7-9H,3-6H2,1-2H3;4H,1-3H2,(H2,8,12)(H2,9,10,11,13). The van der Waals surface area contributed by atoms with Crippen LogP contribution in [0.15, 0.2) is 12.1 Å². The van der Waals surface area contributed by atoms with Crippen molar-refractivity contribution >= 4 is 29.4 Å². The average molecular weight is 432 g/mol. The molecular weight excluding hydrogens is 404 g/mol. The lowest BCUT2D eigenvalue weighted by atomic mass is 9.99. The summed E-state index contributed by atoms with van der Waals surface area (Å²) in [5.41, 5.74) is 5.18. The minimum atomic E-state index is -0.606. The molecule has 29 heavy (non-hydrogen) atoms. The molecule has 4 N–H and O–H groups in total. The van der Waals surface area contributed by atoms with Gasteiger partial charge in [0.1, 0.15) is 11.6 Å². The predicted molar refractivity (Wildman–Crippen MR) is 107 cm³/mol. The topological polar surface area (TPSA) is 101 Å². The van der Waals surface area contributed by atoms with Crippen LogP contribution in [0.1, 0.15) is 51.5 Å². The number of nitrogens with one attached hydrogen (secondary N) is 2. The molecule has 0 bridgehead atoms. The molecule has 1 fully saturated rings. The number of amides is 4. The molecule has 1 heterocycles. The maximum atomic E-state index is 13.5. The van der Waals surface area contributed by atoms with E-state index in [1.165, 1.54) is 12.1 Å². The van der Waals surface area contributed by atoms with E-state index in [9.17, 15) is 23.2 Å². The van der Waals surface area contributed by atoms with E-state index in [-0.39, 0.29) is 29.5 Å². The van der Waals surface area contributed by atoms with Gasteiger partial charge in [-0.25, -0.2) is 13.6 Å². The van der Waals surface area contributed by atoms with Gasteiger partial charge in [0.15, 0.2) is 0 Å². The van der Waals surface area contributed by atoms with E-state index in [2.05, 4.69) is 24.5 Å². The summed E-state index contributed by atoms with van der Waals surface area (Å²) >= 11 is 5.61. The molecule has 0 aromatic heterocycles. The van der Waals surface area contributed by atoms with E-state index < -0.39 is 29.5 Å². The Morgan fingerprint density at radius 2 is 2.03 bits per heavy atom. The van der Waals surface area contributed by atoms with Crippen molar-refractivity contribution in [1.29, 1.82) is 0 Å². The second-order valence-electron chi connectivity index (χ2n) is 7.12. The average Bonchev–Trinajstić information content (AvgIpc) is 2.66. The van der Waals surface area contributed by atoms with Crippen LogP contribution in [0, 0.1) is 23.5 Å². The molecule has 2 rings (SSSR count). The number of hydrogen-bond donors (Lipinski definition) is 3. The Hall–Kier alpha value is -2.22. The SMILES string of the molecule is CCC(C)CCCc1c(F)ccc(Cl)c1F.NC(=O)C1CCC(=O)NC(=O)NC1. The Kier molecular flexibility index (Phi) is 10.6. The highest BCUT2D eigenvalue weighted by molar-refractivity contribution is 6.30. The number of primary amides is 1. The minimum Gasteiger partial charge on any atom is -0.369 e. The number of halogens is 3. The summed E-state index contributed by atoms with van der Waals surface area (Å²) in [5, 5.41) is 4.47. The molecule has 0 spiro atoms. The van der Waals surface area contributed by atoms with Crippen molar-refractivity contribution in [2.75, 3.05) is 6.54 Å². The van der Waals surface area contributed by atoms with Gasteiger partial charge in [0.2, 0.25) is 11.8 Å². The van der Waals surface area contributed by atoms with Gasteiger partial charge in [-0.3, -0.25) is 14.9 Å². The smallest absolute Gasteiger partial charge is 0.321 e. The highest BCUT2D eigenvalue weighted by Gasteiger charge is 2.21. The Balaban J connectivity index is 0.000000296. The minimum absolute atomic E-state index is 0.0000556. The summed E-state index contributed by atoms with van der Waals surface area (Å²) in [7, 11) is 0. The van der Waals surface area contributed by atoms with Crippen LogP contribution >= 0.6 is 11.6 Å². The Morgan fingerprint density at radius 3 is 2.66 bits per heavy atom. The lowest BCUT2D eigenvalue weighted by molar-refractivity contribution is -0.123. The first-order chi connectivity index (χ1) is 13.6. The van der Waals surface area contributed by atoms with Gasteiger partial charge in [0.25, 0.3) is 0 Å². The van der Waals surface area contributed by atoms with Gasteiger partial charge in [0.05, 0.1) is 10.9 Å². The van der Waals surface area contributed by atoms with Crippen LogP contribution < -0.4 is 16.4 Å². The van der Waals surface area contributed by atoms with Crippen molar-refractivity contribution in [3.8, 4) is 0 Å². The summed E-state index contributed by atoms with van der Waals surface area (Å²) in [6, 6.07) is 1.91. The Labute approximate surface area is 174 Å². The molecule has 0 aliphatic carbocycles. The van der Waals surface area contributed by atoms with Gasteiger partial charge in [-0.2, -0.15) is 0 Å². The van der Waals surface area contributed by atoms with E-state index in [4.69, 9.17) is 17.3 Å². The number of imide groups is 1. The van der Waals surface area contributed by atoms with Crippen LogP contribution in [0.4, 0.5) is 13.6 Å². The number of carbonyl (C=O) groups is 3. The first kappa shape index (κ1) is 24.8. The molecule has 1 aromatic carbocycles. The van der Waals surface area contributed by atoms with Crippen molar-refractivity contribution in [2.24, 2.45) is 17.6 Å². The second-order valence-corrected chi connectivity index (χ2v) is 7.53. The first-order valence-electron chi connectivity index (χ1n) is 9.65. The summed E-state index contributed by atoms with van der Waals surface area (Å²) in [6.45, 7) is 4.45. The zero-order valence-electron chi connectivity index (χ0n) is 16.7. The molecule has 2 atom stereocenters. The van der Waals surface area contributed by atoms with Crippen LogP contribution in [-0.2, 0) is 16.0 Å². The zero-order chi connectivity index (χ0) is 22.0. The van der Waals surface area contributed by atoms with Crippen LogP contribution in [0.3, 0.4) is 0 Å². The van der Waals surface area contributed by atoms with E-state index in [1.807, 2.05) is 0 Å². The van der Waals surface area contributed by atoms with E-state index >= 15 is 0 Å². The lowest BCUT2D eigenvalue weighted by Crippen LogP contribution is -2.46. The molecular formula is C20H28ClF2N3O3. The number of nitrogens with two attached hydrogens (primary N) is 1. The lowest BCUT2D eigenvalue weighted by Gasteiger charge is -2.17. The molecule has 162 valence electrons. The molecule has 0 saturated carbocycles. The molecule has 1 aromatic rings. The number of urea groups is 1.